The second-order valence-electron chi connectivity index (χ2n) is 6.38. The topological polar surface area (TPSA) is 145 Å². The number of aromatic carboxylic acids is 1. The van der Waals surface area contributed by atoms with Gasteiger partial charge in [0.15, 0.2) is 4.90 Å². The Morgan fingerprint density at radius 3 is 1.97 bits per heavy atom. The maximum absolute atomic E-state index is 12.5. The summed E-state index contributed by atoms with van der Waals surface area (Å²) >= 11 is 0. The molecule has 0 atom stereocenters. The smallest absolute Gasteiger partial charge is 0.335 e. The van der Waals surface area contributed by atoms with Crippen LogP contribution in [0.4, 0.5) is 11.4 Å². The van der Waals surface area contributed by atoms with E-state index in [-0.39, 0.29) is 24.5 Å². The molecular weight excluding hydrogens is 440 g/mol. The fraction of sp³-hybridized carbons (Fsp3) is 0.0952. The Balaban J connectivity index is 1.54. The van der Waals surface area contributed by atoms with Gasteiger partial charge in [-0.05, 0) is 54.6 Å². The SMILES string of the molecule is O=C(O)c1ccc(OCCOc2ccc(NS(=O)(=O)c3ccccc3[N+](=O)[O-])cc2)cc1. The molecule has 3 rings (SSSR count). The van der Waals surface area contributed by atoms with Gasteiger partial charge in [0, 0.05) is 11.8 Å². The summed E-state index contributed by atoms with van der Waals surface area (Å²) < 4.78 is 38.3. The standard InChI is InChI=1S/C21H18N2O8S/c24-21(25)15-5-9-17(10-6-15)30-13-14-31-18-11-7-16(8-12-18)22-32(28,29)20-4-2-1-3-19(20)23(26)27/h1-12,22H,13-14H2,(H,24,25). The summed E-state index contributed by atoms with van der Waals surface area (Å²) in [5, 5.41) is 20.0. The third-order valence-corrected chi connectivity index (χ3v) is 5.61. The maximum atomic E-state index is 12.5. The normalized spacial score (nSPS) is 10.9. The molecule has 0 amide bonds. The van der Waals surface area contributed by atoms with Gasteiger partial charge in [0.2, 0.25) is 0 Å². The highest BCUT2D eigenvalue weighted by molar-refractivity contribution is 7.92. The van der Waals surface area contributed by atoms with Crippen molar-refractivity contribution in [2.45, 2.75) is 4.90 Å². The molecule has 0 fully saturated rings. The van der Waals surface area contributed by atoms with Crippen molar-refractivity contribution in [1.29, 1.82) is 0 Å². The molecule has 0 saturated carbocycles. The molecule has 3 aromatic rings. The molecular formula is C21H18N2O8S. The number of anilines is 1. The van der Waals surface area contributed by atoms with E-state index in [9.17, 15) is 23.3 Å². The number of nitrogens with zero attached hydrogens (tertiary/aromatic N) is 1. The van der Waals surface area contributed by atoms with E-state index in [0.29, 0.717) is 11.5 Å². The van der Waals surface area contributed by atoms with E-state index < -0.39 is 31.5 Å². The van der Waals surface area contributed by atoms with Gasteiger partial charge < -0.3 is 14.6 Å². The molecule has 0 heterocycles. The predicted molar refractivity (Wildman–Crippen MR) is 115 cm³/mol. The summed E-state index contributed by atoms with van der Waals surface area (Å²) in [6.45, 7) is 0.403. The van der Waals surface area contributed by atoms with E-state index in [4.69, 9.17) is 14.6 Å². The number of nitro benzene ring substituents is 1. The number of carboxylic acid groups (broad SMARTS) is 1. The second kappa shape index (κ2) is 9.79. The van der Waals surface area contributed by atoms with E-state index in [1.165, 1.54) is 36.4 Å². The van der Waals surface area contributed by atoms with Crippen molar-refractivity contribution in [3.63, 3.8) is 0 Å². The molecule has 0 bridgehead atoms. The highest BCUT2D eigenvalue weighted by Gasteiger charge is 2.25. The lowest BCUT2D eigenvalue weighted by Gasteiger charge is -2.11. The van der Waals surface area contributed by atoms with Crippen LogP contribution in [-0.2, 0) is 10.0 Å². The number of para-hydroxylation sites is 1. The van der Waals surface area contributed by atoms with Crippen LogP contribution in [-0.4, -0.2) is 37.6 Å². The largest absolute Gasteiger partial charge is 0.490 e. The molecule has 0 aliphatic heterocycles. The van der Waals surface area contributed by atoms with Crippen molar-refractivity contribution in [1.82, 2.24) is 0 Å². The minimum atomic E-state index is -4.15. The van der Waals surface area contributed by atoms with Crippen molar-refractivity contribution < 1.29 is 32.7 Å². The van der Waals surface area contributed by atoms with Gasteiger partial charge in [-0.2, -0.15) is 0 Å². The summed E-state index contributed by atoms with van der Waals surface area (Å²) in [6.07, 6.45) is 0. The zero-order valence-electron chi connectivity index (χ0n) is 16.5. The average molecular weight is 458 g/mol. The minimum absolute atomic E-state index is 0.159. The summed E-state index contributed by atoms with van der Waals surface area (Å²) in [5.74, 6) is -0.0607. The van der Waals surface area contributed by atoms with Gasteiger partial charge in [0.05, 0.1) is 10.5 Å². The zero-order chi connectivity index (χ0) is 23.1. The van der Waals surface area contributed by atoms with Crippen LogP contribution in [0.1, 0.15) is 10.4 Å². The molecule has 0 unspecified atom stereocenters. The number of nitrogens with one attached hydrogen (secondary N) is 1. The van der Waals surface area contributed by atoms with E-state index in [0.717, 1.165) is 12.1 Å². The molecule has 10 nitrogen and oxygen atoms in total. The van der Waals surface area contributed by atoms with Crippen molar-refractivity contribution in [2.24, 2.45) is 0 Å². The van der Waals surface area contributed by atoms with Crippen LogP contribution in [0.2, 0.25) is 0 Å². The lowest BCUT2D eigenvalue weighted by atomic mass is 10.2. The fourth-order valence-electron chi connectivity index (χ4n) is 2.68. The van der Waals surface area contributed by atoms with Crippen LogP contribution >= 0.6 is 0 Å². The van der Waals surface area contributed by atoms with Crippen LogP contribution in [0, 0.1) is 10.1 Å². The van der Waals surface area contributed by atoms with Crippen molar-refractivity contribution in [3.8, 4) is 11.5 Å². The molecule has 0 saturated heterocycles. The monoisotopic (exact) mass is 458 g/mol. The summed E-state index contributed by atoms with van der Waals surface area (Å²) in [4.78, 5) is 20.7. The Hall–Kier alpha value is -4.12. The second-order valence-corrected chi connectivity index (χ2v) is 8.03. The van der Waals surface area contributed by atoms with Crippen LogP contribution < -0.4 is 14.2 Å². The third kappa shape index (κ3) is 5.73. The Kier molecular flexibility index (Phi) is 6.90. The Morgan fingerprint density at radius 1 is 0.906 bits per heavy atom. The first-order valence-corrected chi connectivity index (χ1v) is 10.7. The third-order valence-electron chi connectivity index (χ3n) is 4.18. The number of nitro groups is 1. The molecule has 166 valence electrons. The number of carbonyl (C=O) groups is 1. The number of hydrogen-bond acceptors (Lipinski definition) is 7. The number of benzene rings is 3. The van der Waals surface area contributed by atoms with Crippen LogP contribution in [0.25, 0.3) is 0 Å². The van der Waals surface area contributed by atoms with Gasteiger partial charge in [-0.3, -0.25) is 14.8 Å². The molecule has 2 N–H and O–H groups in total. The molecule has 3 aromatic carbocycles. The molecule has 0 aliphatic rings. The lowest BCUT2D eigenvalue weighted by molar-refractivity contribution is -0.387. The maximum Gasteiger partial charge on any atom is 0.335 e. The van der Waals surface area contributed by atoms with Crippen molar-refractivity contribution in [3.05, 3.63) is 88.5 Å². The average Bonchev–Trinajstić information content (AvgIpc) is 2.78. The first-order chi connectivity index (χ1) is 15.3. The van der Waals surface area contributed by atoms with Crippen molar-refractivity contribution in [2.75, 3.05) is 17.9 Å². The minimum Gasteiger partial charge on any atom is -0.490 e. The number of carboxylic acids is 1. The van der Waals surface area contributed by atoms with Gasteiger partial charge in [0.1, 0.15) is 24.7 Å². The number of sulfonamides is 1. The first kappa shape index (κ1) is 22.6. The van der Waals surface area contributed by atoms with E-state index in [1.54, 1.807) is 24.3 Å². The summed E-state index contributed by atoms with van der Waals surface area (Å²) in [6, 6.07) is 17.0. The van der Waals surface area contributed by atoms with Crippen molar-refractivity contribution >= 4 is 27.4 Å². The summed E-state index contributed by atoms with van der Waals surface area (Å²) in [5.41, 5.74) is -0.144. The molecule has 32 heavy (non-hydrogen) atoms. The number of hydrogen-bond donors (Lipinski definition) is 2. The first-order valence-electron chi connectivity index (χ1n) is 9.21. The van der Waals surface area contributed by atoms with Gasteiger partial charge in [-0.1, -0.05) is 12.1 Å². The molecule has 11 heteroatoms. The molecule has 0 aromatic heterocycles. The lowest BCUT2D eigenvalue weighted by Crippen LogP contribution is -2.14. The highest BCUT2D eigenvalue weighted by Crippen LogP contribution is 2.26. The van der Waals surface area contributed by atoms with Gasteiger partial charge in [-0.15, -0.1) is 0 Å². The Morgan fingerprint density at radius 2 is 1.44 bits per heavy atom. The quantitative estimate of drug-likeness (QED) is 0.266. The summed E-state index contributed by atoms with van der Waals surface area (Å²) in [7, 11) is -4.15. The van der Waals surface area contributed by atoms with Crippen LogP contribution in [0.3, 0.4) is 0 Å². The van der Waals surface area contributed by atoms with Gasteiger partial charge >= 0.3 is 5.97 Å². The van der Waals surface area contributed by atoms with E-state index >= 15 is 0 Å². The predicted octanol–water partition coefficient (Wildman–Crippen LogP) is 3.55. The van der Waals surface area contributed by atoms with E-state index in [1.807, 2.05) is 0 Å². The number of rotatable bonds is 10. The van der Waals surface area contributed by atoms with Crippen LogP contribution in [0.5, 0.6) is 11.5 Å². The van der Waals surface area contributed by atoms with E-state index in [2.05, 4.69) is 4.72 Å². The molecule has 0 aliphatic carbocycles. The molecule has 0 radical (unpaired) electrons. The zero-order valence-corrected chi connectivity index (χ0v) is 17.3. The van der Waals surface area contributed by atoms with Gasteiger partial charge in [-0.25, -0.2) is 13.2 Å². The highest BCUT2D eigenvalue weighted by atomic mass is 32.2. The fourth-order valence-corrected chi connectivity index (χ4v) is 3.91. The molecule has 0 spiro atoms. The Labute approximate surface area is 183 Å². The Bertz CT molecular complexity index is 1210. The van der Waals surface area contributed by atoms with Gasteiger partial charge in [0.25, 0.3) is 15.7 Å². The van der Waals surface area contributed by atoms with Crippen LogP contribution in [0.15, 0.2) is 77.7 Å². The number of ether oxygens (including phenoxy) is 2.